The molecule has 26 heavy (non-hydrogen) atoms. The van der Waals surface area contributed by atoms with Crippen LogP contribution in [0.4, 0.5) is 0 Å². The highest BCUT2D eigenvalue weighted by Gasteiger charge is 2.34. The van der Waals surface area contributed by atoms with Crippen LogP contribution in [0.25, 0.3) is 0 Å². The van der Waals surface area contributed by atoms with E-state index in [2.05, 4.69) is 9.47 Å². The molecule has 0 saturated carbocycles. The zero-order valence-corrected chi connectivity index (χ0v) is 12.8. The number of esters is 3. The number of nitrogens with one attached hydrogen (secondary N) is 1. The van der Waals surface area contributed by atoms with E-state index in [0.29, 0.717) is 0 Å². The number of hydrogen-bond acceptors (Lipinski definition) is 12. The van der Waals surface area contributed by atoms with Crippen molar-refractivity contribution in [2.45, 2.75) is 37.3 Å². The van der Waals surface area contributed by atoms with Crippen molar-refractivity contribution in [1.82, 2.24) is 0 Å². The van der Waals surface area contributed by atoms with E-state index in [9.17, 15) is 24.0 Å². The number of hydrogen-bond donors (Lipinski definition) is 7. The van der Waals surface area contributed by atoms with E-state index in [0.717, 1.165) is 0 Å². The van der Waals surface area contributed by atoms with Crippen LogP contribution in [0, 0.1) is 5.41 Å². The zero-order chi connectivity index (χ0) is 20.6. The summed E-state index contributed by atoms with van der Waals surface area (Å²) in [7, 11) is 0. The van der Waals surface area contributed by atoms with Gasteiger partial charge < -0.3 is 40.1 Å². The third-order valence-electron chi connectivity index (χ3n) is 2.58. The van der Waals surface area contributed by atoms with Gasteiger partial charge in [-0.15, -0.1) is 0 Å². The molecule has 4 unspecified atom stereocenters. The molecule has 0 aromatic rings. The highest BCUT2D eigenvalue weighted by atomic mass is 16.6. The van der Waals surface area contributed by atoms with Gasteiger partial charge in [-0.05, 0) is 0 Å². The number of carboxylic acids is 2. The molecule has 0 aliphatic rings. The second-order valence-corrected chi connectivity index (χ2v) is 4.59. The summed E-state index contributed by atoms with van der Waals surface area (Å²) < 4.78 is 8.17. The standard InChI is InChI=1S/C12H15NO13/c13-3(25-11(23)7(17)5(15)9(19)20)1-2-4(14)26-12(24)8(18)6(16)10(21)22/h5-8,13,15-18H,1-2H2,(H,19,20)(H,21,22). The summed E-state index contributed by atoms with van der Waals surface area (Å²) in [6, 6.07) is 0. The molecule has 0 fully saturated rings. The normalized spacial score (nSPS) is 15.1. The van der Waals surface area contributed by atoms with Crippen LogP contribution < -0.4 is 0 Å². The van der Waals surface area contributed by atoms with Crippen LogP contribution in [-0.4, -0.2) is 90.8 Å². The fourth-order valence-electron chi connectivity index (χ4n) is 1.20. The van der Waals surface area contributed by atoms with Gasteiger partial charge in [-0.25, -0.2) is 19.2 Å². The third kappa shape index (κ3) is 7.31. The molecule has 0 heterocycles. The third-order valence-corrected chi connectivity index (χ3v) is 2.58. The number of aliphatic hydroxyl groups is 4. The van der Waals surface area contributed by atoms with E-state index in [1.165, 1.54) is 0 Å². The highest BCUT2D eigenvalue weighted by molar-refractivity contribution is 5.95. The van der Waals surface area contributed by atoms with Gasteiger partial charge in [0.15, 0.2) is 30.3 Å². The largest absolute Gasteiger partial charge is 0.479 e. The Kier molecular flexibility index (Phi) is 9.00. The number of carbonyl (C=O) groups excluding carboxylic acids is 3. The summed E-state index contributed by atoms with van der Waals surface area (Å²) >= 11 is 0. The minimum Gasteiger partial charge on any atom is -0.479 e. The molecule has 0 aliphatic heterocycles. The molecule has 0 spiro atoms. The van der Waals surface area contributed by atoms with Crippen molar-refractivity contribution in [3.63, 3.8) is 0 Å². The molecule has 4 atom stereocenters. The molecule has 0 bridgehead atoms. The fourth-order valence-corrected chi connectivity index (χ4v) is 1.20. The molecule has 146 valence electrons. The number of aliphatic hydroxyl groups excluding tert-OH is 4. The average molecular weight is 381 g/mol. The van der Waals surface area contributed by atoms with Crippen molar-refractivity contribution in [2.75, 3.05) is 0 Å². The topological polar surface area (TPSA) is 249 Å². The molecule has 14 nitrogen and oxygen atoms in total. The van der Waals surface area contributed by atoms with E-state index in [4.69, 9.17) is 36.0 Å². The molecule has 14 heteroatoms. The lowest BCUT2D eigenvalue weighted by Gasteiger charge is -2.13. The molecule has 0 aromatic carbocycles. The molecule has 0 amide bonds. The molecule has 0 aromatic heterocycles. The van der Waals surface area contributed by atoms with Crippen molar-refractivity contribution in [1.29, 1.82) is 5.41 Å². The first-order valence-corrected chi connectivity index (χ1v) is 6.60. The van der Waals surface area contributed by atoms with Crippen LogP contribution in [-0.2, 0) is 33.4 Å². The van der Waals surface area contributed by atoms with Gasteiger partial charge in [-0.2, -0.15) is 0 Å². The average Bonchev–Trinajstić information content (AvgIpc) is 2.56. The van der Waals surface area contributed by atoms with Crippen LogP contribution >= 0.6 is 0 Å². The predicted octanol–water partition coefficient (Wildman–Crippen LogP) is -4.03. The molecule has 7 N–H and O–H groups in total. The smallest absolute Gasteiger partial charge is 0.346 e. The molecule has 0 saturated heterocycles. The summed E-state index contributed by atoms with van der Waals surface area (Å²) in [6.45, 7) is 0. The van der Waals surface area contributed by atoms with Gasteiger partial charge in [0.2, 0.25) is 0 Å². The van der Waals surface area contributed by atoms with Crippen molar-refractivity contribution in [3.8, 4) is 0 Å². The molecular weight excluding hydrogens is 366 g/mol. The number of rotatable bonds is 9. The maximum Gasteiger partial charge on any atom is 0.346 e. The lowest BCUT2D eigenvalue weighted by molar-refractivity contribution is -0.175. The maximum absolute atomic E-state index is 11.3. The Balaban J connectivity index is 4.41. The summed E-state index contributed by atoms with van der Waals surface area (Å²) in [4.78, 5) is 54.4. The summed E-state index contributed by atoms with van der Waals surface area (Å²) in [6.07, 6.45) is -11.5. The van der Waals surface area contributed by atoms with Gasteiger partial charge in [0.1, 0.15) is 0 Å². The summed E-state index contributed by atoms with van der Waals surface area (Å²) in [5.41, 5.74) is 0. The summed E-state index contributed by atoms with van der Waals surface area (Å²) in [5.74, 6) is -9.66. The molecular formula is C12H15NO13. The van der Waals surface area contributed by atoms with E-state index >= 15 is 0 Å². The number of aliphatic carboxylic acids is 2. The Morgan fingerprint density at radius 2 is 1.08 bits per heavy atom. The Labute approximate surface area is 143 Å². The Hall–Kier alpha value is -2.94. The van der Waals surface area contributed by atoms with Crippen LogP contribution in [0.5, 0.6) is 0 Å². The van der Waals surface area contributed by atoms with Crippen molar-refractivity contribution < 1.29 is 64.1 Å². The van der Waals surface area contributed by atoms with E-state index in [1.807, 2.05) is 0 Å². The monoisotopic (exact) mass is 381 g/mol. The highest BCUT2D eigenvalue weighted by Crippen LogP contribution is 2.04. The van der Waals surface area contributed by atoms with Crippen LogP contribution in [0.1, 0.15) is 12.8 Å². The molecule has 0 radical (unpaired) electrons. The van der Waals surface area contributed by atoms with E-state index in [1.54, 1.807) is 0 Å². The number of ether oxygens (including phenoxy) is 2. The number of carbonyl (C=O) groups is 5. The van der Waals surface area contributed by atoms with Crippen LogP contribution in [0.2, 0.25) is 0 Å². The number of carboxylic acid groups (broad SMARTS) is 2. The van der Waals surface area contributed by atoms with Crippen molar-refractivity contribution in [2.24, 2.45) is 0 Å². The Morgan fingerprint density at radius 1 is 0.692 bits per heavy atom. The van der Waals surface area contributed by atoms with Gasteiger partial charge in [-0.1, -0.05) is 0 Å². The molecule has 0 aliphatic carbocycles. The van der Waals surface area contributed by atoms with E-state index < -0.39 is 73.0 Å². The Bertz CT molecular complexity index is 548. The van der Waals surface area contributed by atoms with Crippen molar-refractivity contribution in [3.05, 3.63) is 0 Å². The maximum atomic E-state index is 11.3. The minimum atomic E-state index is -2.54. The van der Waals surface area contributed by atoms with Crippen molar-refractivity contribution >= 4 is 35.7 Å². The van der Waals surface area contributed by atoms with Crippen LogP contribution in [0.3, 0.4) is 0 Å². The van der Waals surface area contributed by atoms with Gasteiger partial charge in [0.25, 0.3) is 0 Å². The lowest BCUT2D eigenvalue weighted by Crippen LogP contribution is -2.41. The van der Waals surface area contributed by atoms with Gasteiger partial charge >= 0.3 is 29.8 Å². The second kappa shape index (κ2) is 10.1. The molecule has 0 rings (SSSR count). The first kappa shape index (κ1) is 23.1. The SMILES string of the molecule is N=C(CCC(=O)OC(=O)C(O)C(O)C(=O)O)OC(=O)C(O)C(O)C(=O)O. The quantitative estimate of drug-likeness (QED) is 0.0870. The van der Waals surface area contributed by atoms with Gasteiger partial charge in [-0.3, -0.25) is 10.2 Å². The van der Waals surface area contributed by atoms with Gasteiger partial charge in [0, 0.05) is 6.42 Å². The Morgan fingerprint density at radius 3 is 1.46 bits per heavy atom. The zero-order valence-electron chi connectivity index (χ0n) is 12.8. The lowest BCUT2D eigenvalue weighted by atomic mass is 10.2. The first-order valence-electron chi connectivity index (χ1n) is 6.60. The second-order valence-electron chi connectivity index (χ2n) is 4.59. The fraction of sp³-hybridized carbons (Fsp3) is 0.500. The van der Waals surface area contributed by atoms with E-state index in [-0.39, 0.29) is 0 Å². The minimum absolute atomic E-state index is 0.675. The predicted molar refractivity (Wildman–Crippen MR) is 73.5 cm³/mol. The van der Waals surface area contributed by atoms with Gasteiger partial charge in [0.05, 0.1) is 6.42 Å². The summed E-state index contributed by atoms with van der Waals surface area (Å²) in [5, 5.41) is 60.0. The first-order chi connectivity index (χ1) is 11.9. The van der Waals surface area contributed by atoms with Crippen LogP contribution in [0.15, 0.2) is 0 Å².